The molecule has 5 nitrogen and oxygen atoms in total. The van der Waals surface area contributed by atoms with Crippen LogP contribution in [0, 0.1) is 6.92 Å². The van der Waals surface area contributed by atoms with Crippen LogP contribution in [0.3, 0.4) is 0 Å². The van der Waals surface area contributed by atoms with E-state index in [4.69, 9.17) is 16.5 Å². The maximum Gasteiger partial charge on any atom is 0.0807 e. The summed E-state index contributed by atoms with van der Waals surface area (Å²) in [5, 5.41) is 0. The molecule has 1 fully saturated rings. The molecule has 4 N–H and O–H groups in total. The summed E-state index contributed by atoms with van der Waals surface area (Å²) in [6, 6.07) is 10.7. The largest absolute Gasteiger partial charge is 0.326 e. The molecular weight excluding hydrogens is 274 g/mol. The van der Waals surface area contributed by atoms with Crippen molar-refractivity contribution in [1.82, 2.24) is 14.9 Å². The molecule has 1 saturated heterocycles. The van der Waals surface area contributed by atoms with E-state index >= 15 is 0 Å². The monoisotopic (exact) mass is 297 g/mol. The highest BCUT2D eigenvalue weighted by Crippen LogP contribution is 2.32. The quantitative estimate of drug-likeness (QED) is 0.894. The van der Waals surface area contributed by atoms with Crippen molar-refractivity contribution in [2.45, 2.75) is 38.5 Å². The van der Waals surface area contributed by atoms with Crippen molar-refractivity contribution >= 4 is 0 Å². The van der Waals surface area contributed by atoms with Gasteiger partial charge in [0, 0.05) is 25.7 Å². The number of nitrogens with zero attached hydrogens (tertiary/aromatic N) is 3. The lowest BCUT2D eigenvalue weighted by Gasteiger charge is -2.27. The minimum atomic E-state index is 0.0877. The maximum absolute atomic E-state index is 6.37. The second kappa shape index (κ2) is 6.52. The second-order valence-electron chi connectivity index (χ2n) is 5.89. The molecule has 1 aromatic carbocycles. The van der Waals surface area contributed by atoms with Crippen molar-refractivity contribution in [3.63, 3.8) is 0 Å². The summed E-state index contributed by atoms with van der Waals surface area (Å²) in [6.45, 7) is 4.26. The summed E-state index contributed by atoms with van der Waals surface area (Å²) in [6.07, 6.45) is 2.73. The van der Waals surface area contributed by atoms with E-state index in [1.165, 1.54) is 5.56 Å². The number of nitrogens with two attached hydrogens (primary N) is 2. The highest BCUT2D eigenvalue weighted by molar-refractivity contribution is 5.22. The number of aryl methyl sites for hydroxylation is 1. The zero-order valence-corrected chi connectivity index (χ0v) is 12.9. The Balaban J connectivity index is 1.89. The van der Waals surface area contributed by atoms with Crippen LogP contribution in [0.1, 0.15) is 35.1 Å². The van der Waals surface area contributed by atoms with Gasteiger partial charge in [-0.2, -0.15) is 0 Å². The van der Waals surface area contributed by atoms with Crippen molar-refractivity contribution in [2.24, 2.45) is 11.5 Å². The van der Waals surface area contributed by atoms with Crippen molar-refractivity contribution in [3.05, 3.63) is 59.2 Å². The molecule has 0 saturated carbocycles. The van der Waals surface area contributed by atoms with E-state index in [0.29, 0.717) is 6.54 Å². The highest BCUT2D eigenvalue weighted by atomic mass is 15.2. The molecule has 1 aliphatic heterocycles. The number of benzene rings is 1. The van der Waals surface area contributed by atoms with Crippen LogP contribution in [0.15, 0.2) is 36.5 Å². The lowest BCUT2D eigenvalue weighted by atomic mass is 10.0. The first-order valence-electron chi connectivity index (χ1n) is 7.75. The number of likely N-dealkylation sites (tertiary alicyclic amines) is 1. The highest BCUT2D eigenvalue weighted by Gasteiger charge is 2.35. The molecule has 0 bridgehead atoms. The summed E-state index contributed by atoms with van der Waals surface area (Å²) in [5.74, 6) is 0. The topological polar surface area (TPSA) is 81.1 Å². The van der Waals surface area contributed by atoms with Gasteiger partial charge in [0.2, 0.25) is 0 Å². The Morgan fingerprint density at radius 3 is 2.77 bits per heavy atom. The molecule has 2 unspecified atom stereocenters. The Kier molecular flexibility index (Phi) is 4.47. The van der Waals surface area contributed by atoms with Crippen LogP contribution in [-0.4, -0.2) is 27.5 Å². The number of hydrogen-bond donors (Lipinski definition) is 2. The molecule has 1 aliphatic rings. The van der Waals surface area contributed by atoms with Gasteiger partial charge in [-0.15, -0.1) is 0 Å². The zero-order valence-electron chi connectivity index (χ0n) is 12.9. The standard InChI is InChI=1S/C17H23N5/c1-12-16(21-14(9-18)10-20-12)17-15(19)7-8-22(17)11-13-5-3-2-4-6-13/h2-6,10,15,17H,7-9,11,18-19H2,1H3. The lowest BCUT2D eigenvalue weighted by Crippen LogP contribution is -2.33. The minimum absolute atomic E-state index is 0.0877. The fourth-order valence-electron chi connectivity index (χ4n) is 3.13. The molecule has 116 valence electrons. The first kappa shape index (κ1) is 15.1. The summed E-state index contributed by atoms with van der Waals surface area (Å²) in [7, 11) is 0. The van der Waals surface area contributed by atoms with E-state index < -0.39 is 0 Å². The van der Waals surface area contributed by atoms with Crippen LogP contribution >= 0.6 is 0 Å². The third-order valence-electron chi connectivity index (χ3n) is 4.31. The van der Waals surface area contributed by atoms with Crippen LogP contribution in [0.5, 0.6) is 0 Å². The maximum atomic E-state index is 6.37. The fourth-order valence-corrected chi connectivity index (χ4v) is 3.13. The van der Waals surface area contributed by atoms with Crippen molar-refractivity contribution < 1.29 is 0 Å². The molecule has 0 aliphatic carbocycles. The van der Waals surface area contributed by atoms with Gasteiger partial charge in [0.15, 0.2) is 0 Å². The molecule has 5 heteroatoms. The van der Waals surface area contributed by atoms with Crippen molar-refractivity contribution in [2.75, 3.05) is 6.54 Å². The van der Waals surface area contributed by atoms with Gasteiger partial charge >= 0.3 is 0 Å². The Labute approximate surface area is 131 Å². The van der Waals surface area contributed by atoms with Crippen LogP contribution in [0.25, 0.3) is 0 Å². The summed E-state index contributed by atoms with van der Waals surface area (Å²) in [4.78, 5) is 11.6. The third kappa shape index (κ3) is 3.02. The van der Waals surface area contributed by atoms with Gasteiger partial charge in [-0.1, -0.05) is 30.3 Å². The Bertz CT molecular complexity index is 628. The molecule has 2 heterocycles. The first-order valence-corrected chi connectivity index (χ1v) is 7.75. The molecule has 0 spiro atoms. The predicted molar refractivity (Wildman–Crippen MR) is 86.8 cm³/mol. The molecular formula is C17H23N5. The molecule has 3 rings (SSSR count). The van der Waals surface area contributed by atoms with Gasteiger partial charge in [0.25, 0.3) is 0 Å². The van der Waals surface area contributed by atoms with E-state index in [2.05, 4.69) is 34.1 Å². The first-order chi connectivity index (χ1) is 10.7. The van der Waals surface area contributed by atoms with Crippen LogP contribution in [-0.2, 0) is 13.1 Å². The van der Waals surface area contributed by atoms with Gasteiger partial charge < -0.3 is 11.5 Å². The Morgan fingerprint density at radius 2 is 2.05 bits per heavy atom. The molecule has 2 atom stereocenters. The number of rotatable bonds is 4. The average Bonchev–Trinajstić information content (AvgIpc) is 2.89. The summed E-state index contributed by atoms with van der Waals surface area (Å²) >= 11 is 0. The minimum Gasteiger partial charge on any atom is -0.326 e. The van der Waals surface area contributed by atoms with Crippen molar-refractivity contribution in [1.29, 1.82) is 0 Å². The fraction of sp³-hybridized carbons (Fsp3) is 0.412. The Morgan fingerprint density at radius 1 is 1.27 bits per heavy atom. The van der Waals surface area contributed by atoms with Crippen LogP contribution in [0.2, 0.25) is 0 Å². The third-order valence-corrected chi connectivity index (χ3v) is 4.31. The SMILES string of the molecule is Cc1ncc(CN)nc1C1C(N)CCN1Cc1ccccc1. The van der Waals surface area contributed by atoms with E-state index in [0.717, 1.165) is 36.6 Å². The molecule has 22 heavy (non-hydrogen) atoms. The Hall–Kier alpha value is -1.82. The van der Waals surface area contributed by atoms with E-state index in [1.807, 2.05) is 13.0 Å². The van der Waals surface area contributed by atoms with Gasteiger partial charge in [-0.3, -0.25) is 14.9 Å². The normalized spacial score (nSPS) is 22.1. The van der Waals surface area contributed by atoms with E-state index in [-0.39, 0.29) is 12.1 Å². The van der Waals surface area contributed by atoms with E-state index in [9.17, 15) is 0 Å². The van der Waals surface area contributed by atoms with E-state index in [1.54, 1.807) is 6.20 Å². The van der Waals surface area contributed by atoms with Crippen molar-refractivity contribution in [3.8, 4) is 0 Å². The number of hydrogen-bond acceptors (Lipinski definition) is 5. The molecule has 1 aromatic heterocycles. The summed E-state index contributed by atoms with van der Waals surface area (Å²) in [5.41, 5.74) is 16.1. The molecule has 2 aromatic rings. The van der Waals surface area contributed by atoms with Crippen LogP contribution in [0.4, 0.5) is 0 Å². The average molecular weight is 297 g/mol. The smallest absolute Gasteiger partial charge is 0.0807 e. The lowest BCUT2D eigenvalue weighted by molar-refractivity contribution is 0.233. The molecule has 0 amide bonds. The van der Waals surface area contributed by atoms with Crippen LogP contribution < -0.4 is 11.5 Å². The number of aromatic nitrogens is 2. The second-order valence-corrected chi connectivity index (χ2v) is 5.89. The van der Waals surface area contributed by atoms with Gasteiger partial charge in [0.1, 0.15) is 0 Å². The van der Waals surface area contributed by atoms with Gasteiger partial charge in [-0.25, -0.2) is 0 Å². The summed E-state index contributed by atoms with van der Waals surface area (Å²) < 4.78 is 0. The van der Waals surface area contributed by atoms with Gasteiger partial charge in [-0.05, 0) is 18.9 Å². The zero-order chi connectivity index (χ0) is 15.5. The van der Waals surface area contributed by atoms with Gasteiger partial charge in [0.05, 0.1) is 29.3 Å². The predicted octanol–water partition coefficient (Wildman–Crippen LogP) is 1.52. The molecule has 0 radical (unpaired) electrons.